The smallest absolute Gasteiger partial charge is 0.305 e. The molecule has 0 spiro atoms. The summed E-state index contributed by atoms with van der Waals surface area (Å²) in [6, 6.07) is 10.2. The zero-order chi connectivity index (χ0) is 31.3. The van der Waals surface area contributed by atoms with Gasteiger partial charge in [-0.25, -0.2) is 0 Å². The van der Waals surface area contributed by atoms with Crippen molar-refractivity contribution >= 4 is 38.0 Å². The van der Waals surface area contributed by atoms with E-state index in [0.29, 0.717) is 18.6 Å². The van der Waals surface area contributed by atoms with Gasteiger partial charge >= 0.3 is 17.9 Å². The molecule has 0 N–H and O–H groups in total. The van der Waals surface area contributed by atoms with Gasteiger partial charge in [-0.3, -0.25) is 14.4 Å². The number of hydrogen-bond donors (Lipinski definition) is 0. The van der Waals surface area contributed by atoms with Crippen LogP contribution in [-0.4, -0.2) is 57.4 Å². The molecular formula is C33H54O7SSi. The van der Waals surface area contributed by atoms with Crippen LogP contribution in [0, 0.1) is 11.8 Å². The van der Waals surface area contributed by atoms with Crippen molar-refractivity contribution < 1.29 is 33.0 Å². The maximum Gasteiger partial charge on any atom is 0.305 e. The molecule has 1 saturated carbocycles. The van der Waals surface area contributed by atoms with Crippen molar-refractivity contribution in [1.29, 1.82) is 0 Å². The molecular weight excluding hydrogens is 569 g/mol. The minimum Gasteiger partial charge on any atom is -0.469 e. The molecule has 42 heavy (non-hydrogen) atoms. The summed E-state index contributed by atoms with van der Waals surface area (Å²) in [7, 11) is -0.667. The number of carbonyl (C=O) groups excluding carboxylic acids is 3. The Hall–Kier alpha value is -1.84. The fraction of sp³-hybridized carbons (Fsp3) is 0.727. The van der Waals surface area contributed by atoms with E-state index in [-0.39, 0.29) is 53.1 Å². The molecule has 9 heteroatoms. The highest BCUT2D eigenvalue weighted by molar-refractivity contribution is 7.99. The third-order valence-corrected chi connectivity index (χ3v) is 14.4. The molecule has 1 fully saturated rings. The molecule has 1 aromatic carbocycles. The number of hydrogen-bond acceptors (Lipinski definition) is 8. The second kappa shape index (κ2) is 17.5. The van der Waals surface area contributed by atoms with Crippen LogP contribution >= 0.6 is 11.8 Å². The van der Waals surface area contributed by atoms with Gasteiger partial charge in [0.1, 0.15) is 12.2 Å². The van der Waals surface area contributed by atoms with Gasteiger partial charge < -0.3 is 18.6 Å². The second-order valence-electron chi connectivity index (χ2n) is 13.1. The first-order valence-electron chi connectivity index (χ1n) is 15.5. The Morgan fingerprint density at radius 3 is 2.17 bits per heavy atom. The molecule has 1 aliphatic rings. The highest BCUT2D eigenvalue weighted by atomic mass is 32.2. The first kappa shape index (κ1) is 36.3. The number of benzene rings is 1. The van der Waals surface area contributed by atoms with Crippen LogP contribution in [0.3, 0.4) is 0 Å². The first-order chi connectivity index (χ1) is 19.7. The summed E-state index contributed by atoms with van der Waals surface area (Å²) in [5.41, 5.74) is 0. The average molecular weight is 623 g/mol. The summed E-state index contributed by atoms with van der Waals surface area (Å²) in [6.45, 7) is 14.2. The lowest BCUT2D eigenvalue weighted by molar-refractivity contribution is -0.149. The molecule has 0 heterocycles. The van der Waals surface area contributed by atoms with Crippen LogP contribution in [0.15, 0.2) is 35.2 Å². The quantitative estimate of drug-likeness (QED) is 0.0568. The van der Waals surface area contributed by atoms with E-state index in [0.717, 1.165) is 49.8 Å². The normalized spacial score (nSPS) is 21.5. The zero-order valence-electron chi connectivity index (χ0n) is 27.1. The topological polar surface area (TPSA) is 88.1 Å². The van der Waals surface area contributed by atoms with E-state index in [4.69, 9.17) is 18.6 Å². The molecule has 238 valence electrons. The minimum atomic E-state index is -2.09. The Kier molecular flexibility index (Phi) is 15.1. The third kappa shape index (κ3) is 12.4. The van der Waals surface area contributed by atoms with E-state index < -0.39 is 8.32 Å². The third-order valence-electron chi connectivity index (χ3n) is 8.77. The molecule has 0 amide bonds. The molecule has 1 unspecified atom stereocenters. The number of thioether (sulfide) groups is 1. The molecule has 1 aromatic rings. The monoisotopic (exact) mass is 622 g/mol. The fourth-order valence-corrected chi connectivity index (χ4v) is 7.91. The van der Waals surface area contributed by atoms with Crippen molar-refractivity contribution in [3.8, 4) is 0 Å². The van der Waals surface area contributed by atoms with Crippen LogP contribution in [0.25, 0.3) is 0 Å². The largest absolute Gasteiger partial charge is 0.469 e. The number of esters is 3. The SMILES string of the molecule is COC(=O)CCCCCC[C@@H]1[C@@H](CCC(CSc2ccccc2)OC(C)=O)[C@H](O[Si](C)(C)C(C)(C)C)C[C@@H]1OC(C)=O. The number of rotatable bonds is 17. The second-order valence-corrected chi connectivity index (χ2v) is 18.9. The first-order valence-corrected chi connectivity index (χ1v) is 19.4. The van der Waals surface area contributed by atoms with Gasteiger partial charge in [0, 0.05) is 43.3 Å². The number of methoxy groups -OCH3 is 1. The summed E-state index contributed by atoms with van der Waals surface area (Å²) in [5, 5.41) is 0.0544. The average Bonchev–Trinajstić information content (AvgIpc) is 3.21. The molecule has 0 bridgehead atoms. The fourth-order valence-electron chi connectivity index (χ4n) is 5.57. The summed E-state index contributed by atoms with van der Waals surface area (Å²) < 4.78 is 23.5. The molecule has 0 aromatic heterocycles. The van der Waals surface area contributed by atoms with Crippen molar-refractivity contribution in [2.75, 3.05) is 12.9 Å². The number of carbonyl (C=O) groups is 3. The van der Waals surface area contributed by atoms with E-state index in [1.165, 1.54) is 21.0 Å². The molecule has 0 saturated heterocycles. The van der Waals surface area contributed by atoms with Gasteiger partial charge in [0.2, 0.25) is 0 Å². The van der Waals surface area contributed by atoms with E-state index >= 15 is 0 Å². The maximum absolute atomic E-state index is 12.2. The van der Waals surface area contributed by atoms with Crippen LogP contribution in [0.1, 0.15) is 92.4 Å². The molecule has 0 radical (unpaired) electrons. The Bertz CT molecular complexity index is 978. The molecule has 2 rings (SSSR count). The molecule has 0 aliphatic heterocycles. The standard InChI is InChI=1S/C33H54O7SSi/c1-24(34)38-26(23-41-27-16-12-11-13-17-27)20-21-29-28(18-14-9-10-15-19-32(36)37-6)30(39-25(2)35)22-31(29)40-42(7,8)33(3,4)5/h11-13,16-17,26,28-31H,9-10,14-15,18-23H2,1-8H3/t26?,28-,29-,30+,31-/m1/s1. The van der Waals surface area contributed by atoms with Crippen LogP contribution in [-0.2, 0) is 33.0 Å². The number of unbranched alkanes of at least 4 members (excludes halogenated alkanes) is 3. The predicted molar refractivity (Wildman–Crippen MR) is 171 cm³/mol. The van der Waals surface area contributed by atoms with Gasteiger partial charge in [-0.2, -0.15) is 0 Å². The molecule has 1 aliphatic carbocycles. The van der Waals surface area contributed by atoms with Crippen molar-refractivity contribution in [2.24, 2.45) is 11.8 Å². The van der Waals surface area contributed by atoms with Crippen molar-refractivity contribution in [1.82, 2.24) is 0 Å². The van der Waals surface area contributed by atoms with Gasteiger partial charge in [-0.1, -0.05) is 58.2 Å². The van der Waals surface area contributed by atoms with Gasteiger partial charge in [-0.05, 0) is 61.9 Å². The minimum absolute atomic E-state index is 0.0145. The van der Waals surface area contributed by atoms with Gasteiger partial charge in [0.15, 0.2) is 8.32 Å². The molecule has 5 atom stereocenters. The van der Waals surface area contributed by atoms with Crippen LogP contribution in [0.5, 0.6) is 0 Å². The summed E-state index contributed by atoms with van der Waals surface area (Å²) in [4.78, 5) is 36.8. The predicted octanol–water partition coefficient (Wildman–Crippen LogP) is 7.96. The van der Waals surface area contributed by atoms with E-state index in [2.05, 4.69) is 46.0 Å². The Morgan fingerprint density at radius 1 is 0.929 bits per heavy atom. The van der Waals surface area contributed by atoms with Gasteiger partial charge in [-0.15, -0.1) is 11.8 Å². The summed E-state index contributed by atoms with van der Waals surface area (Å²) in [6.07, 6.45) is 6.97. The Morgan fingerprint density at radius 2 is 1.57 bits per heavy atom. The van der Waals surface area contributed by atoms with Crippen molar-refractivity contribution in [3.05, 3.63) is 30.3 Å². The van der Waals surface area contributed by atoms with Crippen molar-refractivity contribution in [3.63, 3.8) is 0 Å². The van der Waals surface area contributed by atoms with Crippen LogP contribution in [0.2, 0.25) is 18.1 Å². The Balaban J connectivity index is 2.20. The zero-order valence-corrected chi connectivity index (χ0v) is 28.9. The van der Waals surface area contributed by atoms with Crippen molar-refractivity contribution in [2.45, 2.75) is 134 Å². The lowest BCUT2D eigenvalue weighted by atomic mass is 9.85. The Labute approximate surface area is 259 Å². The van der Waals surface area contributed by atoms with Crippen LogP contribution < -0.4 is 0 Å². The highest BCUT2D eigenvalue weighted by Crippen LogP contribution is 2.46. The van der Waals surface area contributed by atoms with Crippen LogP contribution in [0.4, 0.5) is 0 Å². The van der Waals surface area contributed by atoms with E-state index in [1.54, 1.807) is 11.8 Å². The molecule has 7 nitrogen and oxygen atoms in total. The van der Waals surface area contributed by atoms with E-state index in [1.807, 2.05) is 18.2 Å². The summed E-state index contributed by atoms with van der Waals surface area (Å²) in [5.74, 6) is 0.353. The maximum atomic E-state index is 12.2. The van der Waals surface area contributed by atoms with E-state index in [9.17, 15) is 14.4 Å². The van der Waals surface area contributed by atoms with Gasteiger partial charge in [0.05, 0.1) is 13.2 Å². The van der Waals surface area contributed by atoms with Gasteiger partial charge in [0.25, 0.3) is 0 Å². The lowest BCUT2D eigenvalue weighted by Crippen LogP contribution is -2.45. The number of ether oxygens (including phenoxy) is 3. The highest BCUT2D eigenvalue weighted by Gasteiger charge is 2.49. The summed E-state index contributed by atoms with van der Waals surface area (Å²) >= 11 is 1.70. The lowest BCUT2D eigenvalue weighted by Gasteiger charge is -2.40.